The highest BCUT2D eigenvalue weighted by molar-refractivity contribution is 6.43. The molecule has 11 heteroatoms. The number of nitrogens with zero attached hydrogens (tertiary/aromatic N) is 4. The molecule has 0 aliphatic heterocycles. The van der Waals surface area contributed by atoms with Crippen molar-refractivity contribution in [2.75, 3.05) is 5.32 Å². The molecule has 1 atom stereocenters. The zero-order valence-electron chi connectivity index (χ0n) is 16.9. The number of halogens is 4. The van der Waals surface area contributed by atoms with E-state index in [0.29, 0.717) is 33.7 Å². The molecule has 2 aromatic carbocycles. The number of nitrogens with one attached hydrogen (secondary N) is 2. The number of benzene rings is 2. The summed E-state index contributed by atoms with van der Waals surface area (Å²) in [7, 11) is 0. The maximum Gasteiger partial charge on any atom is 0.264 e. The fraction of sp³-hybridized carbons (Fsp3) is 0.0909. The largest absolute Gasteiger partial charge is 0.360 e. The molecule has 5 rings (SSSR count). The van der Waals surface area contributed by atoms with Crippen molar-refractivity contribution in [3.8, 4) is 5.69 Å². The Hall–Kier alpha value is -3.20. The molecule has 0 aliphatic carbocycles. The minimum atomic E-state index is -0.688. The van der Waals surface area contributed by atoms with Crippen molar-refractivity contribution in [3.63, 3.8) is 0 Å². The summed E-state index contributed by atoms with van der Waals surface area (Å²) in [5, 5.41) is 4.01. The molecule has 0 fully saturated rings. The van der Waals surface area contributed by atoms with Gasteiger partial charge < -0.3 is 10.3 Å². The number of imidazole rings is 1. The van der Waals surface area contributed by atoms with Crippen LogP contribution >= 0.6 is 34.8 Å². The minimum Gasteiger partial charge on any atom is -0.360 e. The molecular formula is C22H14Cl3FN6O. The molecule has 0 saturated heterocycles. The first-order valence-electron chi connectivity index (χ1n) is 9.75. The van der Waals surface area contributed by atoms with Gasteiger partial charge in [0.05, 0.1) is 38.5 Å². The lowest BCUT2D eigenvalue weighted by atomic mass is 10.1. The van der Waals surface area contributed by atoms with Gasteiger partial charge in [0, 0.05) is 5.69 Å². The summed E-state index contributed by atoms with van der Waals surface area (Å²) in [5.74, 6) is -0.190. The van der Waals surface area contributed by atoms with Gasteiger partial charge in [0.15, 0.2) is 11.5 Å². The maximum atomic E-state index is 14.2. The van der Waals surface area contributed by atoms with Gasteiger partial charge in [-0.2, -0.15) is 0 Å². The SMILES string of the molecule is C[C@H](Nc1ncnc2nc[nH]c12)c1cc2ccc(F)c(Cl)c2c(=O)n1-c1cccc(Cl)c1Cl. The van der Waals surface area contributed by atoms with E-state index in [1.807, 2.05) is 6.92 Å². The van der Waals surface area contributed by atoms with E-state index >= 15 is 0 Å². The second kappa shape index (κ2) is 8.30. The standard InChI is InChI=1S/C22H14Cl3FN6O/c1-10(31-21-19-20(28-8-27-19)29-9-30-21)15-7-11-5-6-13(26)18(25)16(11)22(33)32(15)14-4-2-3-12(23)17(14)24/h2-10H,1H3,(H2,27,28,29,30,31)/t10-/m0/s1. The Kier molecular flexibility index (Phi) is 5.44. The topological polar surface area (TPSA) is 88.5 Å². The normalized spacial score (nSPS) is 12.4. The third-order valence-corrected chi connectivity index (χ3v) is 6.48. The monoisotopic (exact) mass is 502 g/mol. The van der Waals surface area contributed by atoms with Crippen LogP contribution in [-0.2, 0) is 0 Å². The highest BCUT2D eigenvalue weighted by atomic mass is 35.5. The Morgan fingerprint density at radius 1 is 1.09 bits per heavy atom. The Bertz CT molecular complexity index is 1600. The van der Waals surface area contributed by atoms with Gasteiger partial charge in [-0.3, -0.25) is 9.36 Å². The smallest absolute Gasteiger partial charge is 0.264 e. The second-order valence-corrected chi connectivity index (χ2v) is 8.46. The van der Waals surface area contributed by atoms with E-state index in [1.165, 1.54) is 29.4 Å². The second-order valence-electron chi connectivity index (χ2n) is 7.30. The number of H-pyrrole nitrogens is 1. The third-order valence-electron chi connectivity index (χ3n) is 5.30. The van der Waals surface area contributed by atoms with Crippen LogP contribution in [0, 0.1) is 5.82 Å². The number of hydrogen-bond acceptors (Lipinski definition) is 5. The lowest BCUT2D eigenvalue weighted by molar-refractivity contribution is 0.629. The number of aromatic nitrogens is 5. The highest BCUT2D eigenvalue weighted by Crippen LogP contribution is 2.33. The molecule has 166 valence electrons. The molecule has 33 heavy (non-hydrogen) atoms. The summed E-state index contributed by atoms with van der Waals surface area (Å²) in [6.45, 7) is 1.85. The van der Waals surface area contributed by atoms with Crippen molar-refractivity contribution in [1.82, 2.24) is 24.5 Å². The molecule has 0 unspecified atom stereocenters. The minimum absolute atomic E-state index is 0.0432. The first-order valence-corrected chi connectivity index (χ1v) is 10.9. The molecule has 0 amide bonds. The van der Waals surface area contributed by atoms with E-state index in [2.05, 4.69) is 25.3 Å². The van der Waals surface area contributed by atoms with Crippen molar-refractivity contribution < 1.29 is 4.39 Å². The fourth-order valence-electron chi connectivity index (χ4n) is 3.74. The zero-order chi connectivity index (χ0) is 23.3. The molecule has 0 saturated carbocycles. The van der Waals surface area contributed by atoms with Crippen LogP contribution in [0.25, 0.3) is 27.6 Å². The molecule has 2 N–H and O–H groups in total. The van der Waals surface area contributed by atoms with Gasteiger partial charge >= 0.3 is 0 Å². The molecule has 0 spiro atoms. The molecule has 3 heterocycles. The Balaban J connectivity index is 1.77. The first kappa shape index (κ1) is 21.6. The zero-order valence-corrected chi connectivity index (χ0v) is 19.2. The molecule has 7 nitrogen and oxygen atoms in total. The number of pyridine rings is 1. The predicted molar refractivity (Wildman–Crippen MR) is 128 cm³/mol. The van der Waals surface area contributed by atoms with Crippen molar-refractivity contribution in [2.24, 2.45) is 0 Å². The molecule has 3 aromatic heterocycles. The van der Waals surface area contributed by atoms with Gasteiger partial charge in [0.2, 0.25) is 0 Å². The highest BCUT2D eigenvalue weighted by Gasteiger charge is 2.22. The van der Waals surface area contributed by atoms with E-state index in [9.17, 15) is 9.18 Å². The van der Waals surface area contributed by atoms with Crippen LogP contribution in [0.15, 0.2) is 53.8 Å². The Morgan fingerprint density at radius 3 is 2.73 bits per heavy atom. The van der Waals surface area contributed by atoms with Crippen molar-refractivity contribution >= 4 is 62.6 Å². The van der Waals surface area contributed by atoms with Gasteiger partial charge in [-0.05, 0) is 36.6 Å². The summed E-state index contributed by atoms with van der Waals surface area (Å²) in [5.41, 5.74) is 1.46. The van der Waals surface area contributed by atoms with Crippen molar-refractivity contribution in [1.29, 1.82) is 0 Å². The van der Waals surface area contributed by atoms with Gasteiger partial charge in [-0.25, -0.2) is 19.3 Å². The van der Waals surface area contributed by atoms with Gasteiger partial charge in [-0.15, -0.1) is 0 Å². The summed E-state index contributed by atoms with van der Waals surface area (Å²) in [6, 6.07) is 8.97. The maximum absolute atomic E-state index is 14.2. The number of fused-ring (bicyclic) bond motifs is 2. The number of aromatic amines is 1. The summed E-state index contributed by atoms with van der Waals surface area (Å²) in [6.07, 6.45) is 2.91. The third kappa shape index (κ3) is 3.60. The van der Waals surface area contributed by atoms with E-state index < -0.39 is 17.4 Å². The Morgan fingerprint density at radius 2 is 1.91 bits per heavy atom. The van der Waals surface area contributed by atoms with E-state index in [0.717, 1.165) is 0 Å². The summed E-state index contributed by atoms with van der Waals surface area (Å²) in [4.78, 5) is 29.2. The van der Waals surface area contributed by atoms with Crippen LogP contribution in [0.4, 0.5) is 10.2 Å². The van der Waals surface area contributed by atoms with Crippen LogP contribution in [0.1, 0.15) is 18.7 Å². The average molecular weight is 504 g/mol. The fourth-order valence-corrected chi connectivity index (χ4v) is 4.37. The molecule has 0 radical (unpaired) electrons. The van der Waals surface area contributed by atoms with Crippen LogP contribution in [0.5, 0.6) is 0 Å². The number of hydrogen-bond donors (Lipinski definition) is 2. The van der Waals surface area contributed by atoms with Crippen LogP contribution in [-0.4, -0.2) is 24.5 Å². The van der Waals surface area contributed by atoms with E-state index in [4.69, 9.17) is 34.8 Å². The summed E-state index contributed by atoms with van der Waals surface area (Å²) >= 11 is 18.9. The van der Waals surface area contributed by atoms with Gasteiger partial charge in [0.1, 0.15) is 17.7 Å². The Labute approximate surface area is 201 Å². The molecular weight excluding hydrogens is 490 g/mol. The quantitative estimate of drug-likeness (QED) is 0.317. The van der Waals surface area contributed by atoms with Crippen LogP contribution < -0.4 is 10.9 Å². The number of rotatable bonds is 4. The number of anilines is 1. The van der Waals surface area contributed by atoms with Gasteiger partial charge in [-0.1, -0.05) is 46.9 Å². The van der Waals surface area contributed by atoms with Crippen molar-refractivity contribution in [2.45, 2.75) is 13.0 Å². The van der Waals surface area contributed by atoms with E-state index in [-0.39, 0.29) is 20.5 Å². The average Bonchev–Trinajstić information content (AvgIpc) is 3.28. The van der Waals surface area contributed by atoms with Crippen LogP contribution in [0.3, 0.4) is 0 Å². The predicted octanol–water partition coefficient (Wildman–Crippen LogP) is 5.93. The summed E-state index contributed by atoms with van der Waals surface area (Å²) < 4.78 is 15.6. The first-order chi connectivity index (χ1) is 15.9. The van der Waals surface area contributed by atoms with Crippen molar-refractivity contribution in [3.05, 3.63) is 86.0 Å². The lowest BCUT2D eigenvalue weighted by Crippen LogP contribution is -2.26. The molecule has 5 aromatic rings. The van der Waals surface area contributed by atoms with E-state index in [1.54, 1.807) is 24.3 Å². The molecule has 0 aliphatic rings. The molecule has 0 bridgehead atoms. The lowest BCUT2D eigenvalue weighted by Gasteiger charge is -2.22. The van der Waals surface area contributed by atoms with Crippen LogP contribution in [0.2, 0.25) is 15.1 Å². The van der Waals surface area contributed by atoms with Gasteiger partial charge in [0.25, 0.3) is 5.56 Å².